The third-order valence-corrected chi connectivity index (χ3v) is 3.66. The molecule has 1 aliphatic carbocycles. The molecule has 1 heterocycles. The van der Waals surface area contributed by atoms with E-state index in [2.05, 4.69) is 22.4 Å². The first-order valence-corrected chi connectivity index (χ1v) is 6.37. The molecule has 2 aliphatic rings. The van der Waals surface area contributed by atoms with E-state index in [-0.39, 0.29) is 0 Å². The Kier molecular flexibility index (Phi) is 3.18. The zero-order valence-corrected chi connectivity index (χ0v) is 9.07. The minimum atomic E-state index is 0.698. The average Bonchev–Trinajstić information content (AvgIpc) is 2.99. The first-order valence-electron chi connectivity index (χ1n) is 5.18. The van der Waals surface area contributed by atoms with Crippen molar-refractivity contribution in [1.29, 1.82) is 0 Å². The van der Waals surface area contributed by atoms with E-state index in [1.165, 1.54) is 38.8 Å². The quantitative estimate of drug-likeness (QED) is 0.467. The van der Waals surface area contributed by atoms with Crippen molar-refractivity contribution in [1.82, 2.24) is 4.31 Å². The van der Waals surface area contributed by atoms with Gasteiger partial charge in [0.1, 0.15) is 0 Å². The van der Waals surface area contributed by atoms with Crippen LogP contribution in [0.1, 0.15) is 25.7 Å². The SMILES string of the molecule is CSN1CCC(C#CC2CC2)CC1. The molecule has 1 aliphatic heterocycles. The Morgan fingerprint density at radius 3 is 2.00 bits per heavy atom. The number of nitrogens with zero attached hydrogens (tertiary/aromatic N) is 1. The molecule has 2 heteroatoms. The molecule has 72 valence electrons. The molecule has 0 bridgehead atoms. The Morgan fingerprint density at radius 1 is 1.00 bits per heavy atom. The van der Waals surface area contributed by atoms with Gasteiger partial charge in [0.25, 0.3) is 0 Å². The second-order valence-corrected chi connectivity index (χ2v) is 4.83. The molecular formula is C11H17NS. The van der Waals surface area contributed by atoms with Crippen LogP contribution in [0, 0.1) is 23.7 Å². The van der Waals surface area contributed by atoms with Crippen molar-refractivity contribution in [3.05, 3.63) is 0 Å². The Hall–Kier alpha value is -0.130. The minimum Gasteiger partial charge on any atom is -0.251 e. The molecule has 0 spiro atoms. The Labute approximate surface area is 85.4 Å². The predicted molar refractivity (Wildman–Crippen MR) is 58.3 cm³/mol. The lowest BCUT2D eigenvalue weighted by atomic mass is 9.99. The molecule has 0 aromatic rings. The fraction of sp³-hybridized carbons (Fsp3) is 0.818. The maximum Gasteiger partial charge on any atom is 0.0228 e. The molecule has 0 aromatic heterocycles. The van der Waals surface area contributed by atoms with Gasteiger partial charge in [0.2, 0.25) is 0 Å². The summed E-state index contributed by atoms with van der Waals surface area (Å²) >= 11 is 1.87. The largest absolute Gasteiger partial charge is 0.251 e. The van der Waals surface area contributed by atoms with E-state index >= 15 is 0 Å². The van der Waals surface area contributed by atoms with Crippen molar-refractivity contribution in [2.24, 2.45) is 11.8 Å². The second kappa shape index (κ2) is 4.39. The summed E-state index contributed by atoms with van der Waals surface area (Å²) in [7, 11) is 0. The van der Waals surface area contributed by atoms with Crippen molar-refractivity contribution in [2.45, 2.75) is 25.7 Å². The molecular weight excluding hydrogens is 178 g/mol. The van der Waals surface area contributed by atoms with Crippen molar-refractivity contribution >= 4 is 11.9 Å². The van der Waals surface area contributed by atoms with E-state index < -0.39 is 0 Å². The van der Waals surface area contributed by atoms with Gasteiger partial charge in [-0.2, -0.15) is 0 Å². The second-order valence-electron chi connectivity index (χ2n) is 3.95. The summed E-state index contributed by atoms with van der Waals surface area (Å²) in [5.41, 5.74) is 0. The summed E-state index contributed by atoms with van der Waals surface area (Å²) in [5, 5.41) is 0. The fourth-order valence-corrected chi connectivity index (χ4v) is 2.22. The highest BCUT2D eigenvalue weighted by Gasteiger charge is 2.20. The molecule has 0 atom stereocenters. The van der Waals surface area contributed by atoms with Crippen LogP contribution >= 0.6 is 11.9 Å². The first-order chi connectivity index (χ1) is 6.38. The zero-order chi connectivity index (χ0) is 9.10. The van der Waals surface area contributed by atoms with E-state index in [9.17, 15) is 0 Å². The fourth-order valence-electron chi connectivity index (χ4n) is 1.65. The summed E-state index contributed by atoms with van der Waals surface area (Å²) in [4.78, 5) is 0. The van der Waals surface area contributed by atoms with Crippen LogP contribution in [0.2, 0.25) is 0 Å². The summed E-state index contributed by atoms with van der Waals surface area (Å²) < 4.78 is 2.44. The van der Waals surface area contributed by atoms with Crippen LogP contribution < -0.4 is 0 Å². The van der Waals surface area contributed by atoms with Crippen molar-refractivity contribution in [3.8, 4) is 11.8 Å². The molecule has 0 N–H and O–H groups in total. The van der Waals surface area contributed by atoms with Crippen LogP contribution in [0.3, 0.4) is 0 Å². The molecule has 2 rings (SSSR count). The van der Waals surface area contributed by atoms with E-state index in [0.717, 1.165) is 5.92 Å². The topological polar surface area (TPSA) is 3.24 Å². The maximum absolute atomic E-state index is 3.44. The lowest BCUT2D eigenvalue weighted by molar-refractivity contribution is 0.337. The van der Waals surface area contributed by atoms with Crippen molar-refractivity contribution < 1.29 is 0 Å². The number of rotatable bonds is 1. The standard InChI is InChI=1S/C11H17NS/c1-13-12-8-6-11(7-9-12)5-4-10-2-3-10/h10-11H,2-3,6-9H2,1H3. The molecule has 1 saturated carbocycles. The molecule has 0 radical (unpaired) electrons. The molecule has 0 amide bonds. The van der Waals surface area contributed by atoms with Gasteiger partial charge in [-0.3, -0.25) is 4.31 Å². The van der Waals surface area contributed by atoms with Crippen molar-refractivity contribution in [2.75, 3.05) is 19.3 Å². The molecule has 1 nitrogen and oxygen atoms in total. The third kappa shape index (κ3) is 2.93. The Balaban J connectivity index is 1.74. The van der Waals surface area contributed by atoms with Crippen molar-refractivity contribution in [3.63, 3.8) is 0 Å². The van der Waals surface area contributed by atoms with Crippen LogP contribution in [-0.2, 0) is 0 Å². The van der Waals surface area contributed by atoms with Crippen LogP contribution in [0.4, 0.5) is 0 Å². The predicted octanol–water partition coefficient (Wildman–Crippen LogP) is 2.39. The minimum absolute atomic E-state index is 0.698. The Bertz CT molecular complexity index is 216. The lowest BCUT2D eigenvalue weighted by Gasteiger charge is -2.27. The number of hydrogen-bond acceptors (Lipinski definition) is 2. The van der Waals surface area contributed by atoms with Crippen LogP contribution in [0.5, 0.6) is 0 Å². The van der Waals surface area contributed by atoms with E-state index in [4.69, 9.17) is 0 Å². The highest BCUT2D eigenvalue weighted by molar-refractivity contribution is 7.96. The van der Waals surface area contributed by atoms with Gasteiger partial charge in [-0.25, -0.2) is 0 Å². The normalized spacial score (nSPS) is 25.3. The van der Waals surface area contributed by atoms with Gasteiger partial charge in [-0.1, -0.05) is 23.8 Å². The van der Waals surface area contributed by atoms with E-state index in [1.807, 2.05) is 11.9 Å². The summed E-state index contributed by atoms with van der Waals surface area (Å²) in [6, 6.07) is 0. The van der Waals surface area contributed by atoms with Crippen LogP contribution in [-0.4, -0.2) is 23.7 Å². The highest BCUT2D eigenvalue weighted by Crippen LogP contribution is 2.28. The highest BCUT2D eigenvalue weighted by atomic mass is 32.2. The monoisotopic (exact) mass is 195 g/mol. The Morgan fingerprint density at radius 2 is 1.54 bits per heavy atom. The molecule has 13 heavy (non-hydrogen) atoms. The van der Waals surface area contributed by atoms with Gasteiger partial charge in [0.05, 0.1) is 0 Å². The summed E-state index contributed by atoms with van der Waals surface area (Å²) in [6.45, 7) is 2.45. The summed E-state index contributed by atoms with van der Waals surface area (Å²) in [5.74, 6) is 8.30. The van der Waals surface area contributed by atoms with Crippen LogP contribution in [0.15, 0.2) is 0 Å². The van der Waals surface area contributed by atoms with Gasteiger partial charge in [0, 0.05) is 24.9 Å². The molecule has 2 fully saturated rings. The van der Waals surface area contributed by atoms with E-state index in [1.54, 1.807) is 0 Å². The molecule has 0 aromatic carbocycles. The maximum atomic E-state index is 3.44. The first kappa shape index (κ1) is 9.43. The third-order valence-electron chi connectivity index (χ3n) is 2.78. The van der Waals surface area contributed by atoms with Gasteiger partial charge < -0.3 is 0 Å². The number of piperidine rings is 1. The van der Waals surface area contributed by atoms with E-state index in [0.29, 0.717) is 5.92 Å². The molecule has 0 unspecified atom stereocenters. The van der Waals surface area contributed by atoms with Gasteiger partial charge in [0.15, 0.2) is 0 Å². The van der Waals surface area contributed by atoms with Gasteiger partial charge >= 0.3 is 0 Å². The molecule has 1 saturated heterocycles. The number of hydrogen-bond donors (Lipinski definition) is 0. The average molecular weight is 195 g/mol. The zero-order valence-electron chi connectivity index (χ0n) is 8.25. The lowest BCUT2D eigenvalue weighted by Crippen LogP contribution is -2.27. The van der Waals surface area contributed by atoms with Crippen LogP contribution in [0.25, 0.3) is 0 Å². The van der Waals surface area contributed by atoms with Gasteiger partial charge in [-0.15, -0.1) is 0 Å². The smallest absolute Gasteiger partial charge is 0.0228 e. The summed E-state index contributed by atoms with van der Waals surface area (Å²) in [6.07, 6.45) is 7.44. The van der Waals surface area contributed by atoms with Gasteiger partial charge in [-0.05, 0) is 31.9 Å².